The van der Waals surface area contributed by atoms with Crippen molar-refractivity contribution in [2.24, 2.45) is 0 Å². The Labute approximate surface area is 284 Å². The molecule has 0 aliphatic heterocycles. The number of unbranched alkanes of at least 4 members (excludes halogenated alkanes) is 1. The highest BCUT2D eigenvalue weighted by molar-refractivity contribution is 5.90. The fourth-order valence-electron chi connectivity index (χ4n) is 3.89. The van der Waals surface area contributed by atoms with Crippen molar-refractivity contribution in [2.75, 3.05) is 123 Å². The summed E-state index contributed by atoms with van der Waals surface area (Å²) in [6.07, 6.45) is 2.24. The number of hydrogen-bond donors (Lipinski definition) is 2. The van der Waals surface area contributed by atoms with Crippen molar-refractivity contribution in [1.82, 2.24) is 0 Å². The van der Waals surface area contributed by atoms with E-state index in [1.165, 1.54) is 6.92 Å². The third-order valence-corrected chi connectivity index (χ3v) is 6.34. The number of benzene rings is 2. The van der Waals surface area contributed by atoms with Gasteiger partial charge in [0.25, 0.3) is 0 Å². The minimum Gasteiger partial charge on any atom is -0.491 e. The van der Waals surface area contributed by atoms with Crippen molar-refractivity contribution >= 4 is 23.3 Å². The number of hydrogen-bond acceptors (Lipinski definition) is 12. The molecule has 0 aromatic heterocycles. The monoisotopic (exact) mass is 678 g/mol. The Balaban J connectivity index is 1.23. The molecule has 2 rings (SSSR count). The Bertz CT molecular complexity index is 1070. The lowest BCUT2D eigenvalue weighted by Gasteiger charge is -2.09. The van der Waals surface area contributed by atoms with Crippen LogP contribution in [-0.2, 0) is 42.7 Å². The van der Waals surface area contributed by atoms with Gasteiger partial charge in [0.1, 0.15) is 19.0 Å². The molecule has 0 radical (unpaired) electrons. The van der Waals surface area contributed by atoms with Crippen LogP contribution in [-0.4, -0.2) is 124 Å². The van der Waals surface area contributed by atoms with Crippen LogP contribution in [0.5, 0.6) is 5.75 Å². The van der Waals surface area contributed by atoms with E-state index in [-0.39, 0.29) is 18.5 Å². The van der Waals surface area contributed by atoms with E-state index in [0.29, 0.717) is 110 Å². The summed E-state index contributed by atoms with van der Waals surface area (Å²) in [5.41, 5.74) is 2.24. The molecular weight excluding hydrogens is 624 g/mol. The summed E-state index contributed by atoms with van der Waals surface area (Å²) in [6.45, 7) is 11.5. The highest BCUT2D eigenvalue weighted by Gasteiger charge is 2.07. The molecule has 0 fully saturated rings. The molecular formula is C35H54N2O11. The standard InChI is InChI=1S/C35H54N2O11/c1-3-4-13-36-32-7-5-31(6-8-32)35(39)48-29-27-46-25-23-44-21-19-42-17-15-40-14-16-41-18-20-43-22-24-45-26-28-47-34-11-9-33(10-12-34)37-30(2)38/h5-12,36H,3-4,13-29H2,1-2H3,(H,37,38). The number of ether oxygens (including phenoxy) is 9. The smallest absolute Gasteiger partial charge is 0.338 e. The fraction of sp³-hybridized carbons (Fsp3) is 0.600. The molecule has 1 amide bonds. The van der Waals surface area contributed by atoms with Gasteiger partial charge in [0.2, 0.25) is 5.91 Å². The molecule has 0 saturated heterocycles. The normalized spacial score (nSPS) is 11.0. The lowest BCUT2D eigenvalue weighted by atomic mass is 10.2. The zero-order valence-electron chi connectivity index (χ0n) is 28.5. The van der Waals surface area contributed by atoms with Crippen LogP contribution < -0.4 is 15.4 Å². The fourth-order valence-corrected chi connectivity index (χ4v) is 3.89. The molecule has 0 spiro atoms. The van der Waals surface area contributed by atoms with Crippen LogP contribution in [0.15, 0.2) is 48.5 Å². The molecule has 2 aromatic rings. The lowest BCUT2D eigenvalue weighted by molar-refractivity contribution is -0.114. The van der Waals surface area contributed by atoms with Crippen LogP contribution in [0.3, 0.4) is 0 Å². The quantitative estimate of drug-likeness (QED) is 0.0872. The second-order valence-corrected chi connectivity index (χ2v) is 10.3. The SMILES string of the molecule is CCCCNc1ccc(C(=O)OCCOCCOCCOCCOCCOCCOCCOCCOc2ccc(NC(C)=O)cc2)cc1. The molecule has 2 N–H and O–H groups in total. The van der Waals surface area contributed by atoms with Crippen molar-refractivity contribution in [2.45, 2.75) is 26.7 Å². The van der Waals surface area contributed by atoms with E-state index in [1.54, 1.807) is 36.4 Å². The van der Waals surface area contributed by atoms with Gasteiger partial charge >= 0.3 is 5.97 Å². The van der Waals surface area contributed by atoms with Gasteiger partial charge in [0.15, 0.2) is 0 Å². The number of esters is 1. The second-order valence-electron chi connectivity index (χ2n) is 10.3. The van der Waals surface area contributed by atoms with E-state index in [2.05, 4.69) is 17.6 Å². The van der Waals surface area contributed by atoms with Crippen LogP contribution >= 0.6 is 0 Å². The first kappa shape index (κ1) is 40.9. The van der Waals surface area contributed by atoms with E-state index in [4.69, 9.17) is 42.6 Å². The summed E-state index contributed by atoms with van der Waals surface area (Å²) >= 11 is 0. The van der Waals surface area contributed by atoms with Crippen LogP contribution in [0.2, 0.25) is 0 Å². The van der Waals surface area contributed by atoms with Gasteiger partial charge < -0.3 is 53.3 Å². The minimum atomic E-state index is -0.364. The molecule has 0 unspecified atom stereocenters. The zero-order chi connectivity index (χ0) is 34.3. The lowest BCUT2D eigenvalue weighted by Crippen LogP contribution is -2.15. The maximum atomic E-state index is 12.1. The first-order chi connectivity index (χ1) is 23.6. The van der Waals surface area contributed by atoms with Crippen LogP contribution in [0, 0.1) is 0 Å². The highest BCUT2D eigenvalue weighted by atomic mass is 16.6. The van der Waals surface area contributed by atoms with Gasteiger partial charge in [-0.05, 0) is 55.0 Å². The molecule has 0 aliphatic carbocycles. The first-order valence-electron chi connectivity index (χ1n) is 16.6. The van der Waals surface area contributed by atoms with E-state index >= 15 is 0 Å². The summed E-state index contributed by atoms with van der Waals surface area (Å²) in [6, 6.07) is 14.4. The second kappa shape index (κ2) is 28.7. The predicted octanol–water partition coefficient (Wildman–Crippen LogP) is 4.21. The van der Waals surface area contributed by atoms with Gasteiger partial charge in [0, 0.05) is 24.8 Å². The highest BCUT2D eigenvalue weighted by Crippen LogP contribution is 2.15. The molecule has 48 heavy (non-hydrogen) atoms. The molecule has 2 aromatic carbocycles. The molecule has 0 bridgehead atoms. The number of amides is 1. The van der Waals surface area contributed by atoms with Crippen molar-refractivity contribution in [3.8, 4) is 5.75 Å². The van der Waals surface area contributed by atoms with Gasteiger partial charge in [-0.2, -0.15) is 0 Å². The average Bonchev–Trinajstić information content (AvgIpc) is 3.09. The summed E-state index contributed by atoms with van der Waals surface area (Å²) in [5.74, 6) is 0.238. The molecule has 13 heteroatoms. The van der Waals surface area contributed by atoms with E-state index in [9.17, 15) is 9.59 Å². The Morgan fingerprint density at radius 1 is 0.542 bits per heavy atom. The summed E-state index contributed by atoms with van der Waals surface area (Å²) in [5, 5.41) is 6.02. The Hall–Kier alpha value is -3.30. The molecule has 0 atom stereocenters. The third kappa shape index (κ3) is 22.3. The van der Waals surface area contributed by atoms with Crippen molar-refractivity contribution in [3.63, 3.8) is 0 Å². The van der Waals surface area contributed by atoms with Gasteiger partial charge in [-0.3, -0.25) is 4.79 Å². The van der Waals surface area contributed by atoms with Crippen molar-refractivity contribution in [3.05, 3.63) is 54.1 Å². The summed E-state index contributed by atoms with van der Waals surface area (Å²) in [7, 11) is 0. The largest absolute Gasteiger partial charge is 0.491 e. The third-order valence-electron chi connectivity index (χ3n) is 6.34. The van der Waals surface area contributed by atoms with Crippen LogP contribution in [0.25, 0.3) is 0 Å². The maximum Gasteiger partial charge on any atom is 0.338 e. The van der Waals surface area contributed by atoms with E-state index in [1.807, 2.05) is 12.1 Å². The Morgan fingerprint density at radius 3 is 1.40 bits per heavy atom. The van der Waals surface area contributed by atoms with Gasteiger partial charge in [0.05, 0.1) is 98.1 Å². The number of carbonyl (C=O) groups excluding carboxylic acids is 2. The molecule has 0 saturated carbocycles. The maximum absolute atomic E-state index is 12.1. The molecule has 0 heterocycles. The van der Waals surface area contributed by atoms with Crippen LogP contribution in [0.1, 0.15) is 37.0 Å². The molecule has 0 aliphatic rings. The predicted molar refractivity (Wildman–Crippen MR) is 182 cm³/mol. The number of anilines is 2. The average molecular weight is 679 g/mol. The number of nitrogens with one attached hydrogen (secondary N) is 2. The van der Waals surface area contributed by atoms with Crippen molar-refractivity contribution in [1.29, 1.82) is 0 Å². The molecule has 270 valence electrons. The number of carbonyl (C=O) groups is 2. The molecule has 13 nitrogen and oxygen atoms in total. The van der Waals surface area contributed by atoms with Gasteiger partial charge in [-0.1, -0.05) is 13.3 Å². The zero-order valence-corrected chi connectivity index (χ0v) is 28.5. The van der Waals surface area contributed by atoms with Crippen LogP contribution in [0.4, 0.5) is 11.4 Å². The topological polar surface area (TPSA) is 141 Å². The van der Waals surface area contributed by atoms with E-state index in [0.717, 1.165) is 30.8 Å². The van der Waals surface area contributed by atoms with E-state index < -0.39 is 0 Å². The van der Waals surface area contributed by atoms with Gasteiger partial charge in [-0.25, -0.2) is 4.79 Å². The summed E-state index contributed by atoms with van der Waals surface area (Å²) < 4.78 is 49.2. The van der Waals surface area contributed by atoms with Gasteiger partial charge in [-0.15, -0.1) is 0 Å². The first-order valence-corrected chi connectivity index (χ1v) is 16.6. The number of rotatable bonds is 31. The Morgan fingerprint density at radius 2 is 0.958 bits per heavy atom. The van der Waals surface area contributed by atoms with Crippen molar-refractivity contribution < 1.29 is 52.2 Å². The summed E-state index contributed by atoms with van der Waals surface area (Å²) in [4.78, 5) is 23.2. The minimum absolute atomic E-state index is 0.111. The Kier molecular flexibility index (Phi) is 24.4.